The second-order valence-electron chi connectivity index (χ2n) is 13.2. The van der Waals surface area contributed by atoms with E-state index in [1.807, 2.05) is 36.4 Å². The van der Waals surface area contributed by atoms with E-state index in [1.54, 1.807) is 0 Å². The van der Waals surface area contributed by atoms with Gasteiger partial charge in [0.25, 0.3) is 0 Å². The fourth-order valence-corrected chi connectivity index (χ4v) is 6.72. The molecule has 0 unspecified atom stereocenters. The highest BCUT2D eigenvalue weighted by Crippen LogP contribution is 2.45. The van der Waals surface area contributed by atoms with Crippen LogP contribution in [0.15, 0.2) is 66.7 Å². The number of ether oxygens (including phenoxy) is 1. The third kappa shape index (κ3) is 7.60. The highest BCUT2D eigenvalue weighted by molar-refractivity contribution is 5.93. The molecule has 3 aromatic carbocycles. The zero-order valence-electron chi connectivity index (χ0n) is 25.1. The molecule has 218 valence electrons. The van der Waals surface area contributed by atoms with Gasteiger partial charge >= 0.3 is 0 Å². The highest BCUT2D eigenvalue weighted by Gasteiger charge is 2.29. The quantitative estimate of drug-likeness (QED) is 0.263. The SMILES string of the molecule is CC(C)(C)c1ccc(CC[C@H](O)CCCC2CCCCC2)cc1NC(=O)CC1c2ccccc2Oc2ccccc21. The molecule has 3 aromatic rings. The molecule has 0 radical (unpaired) electrons. The molecule has 1 aliphatic carbocycles. The molecule has 1 atom stereocenters. The van der Waals surface area contributed by atoms with Crippen molar-refractivity contribution < 1.29 is 14.6 Å². The van der Waals surface area contributed by atoms with Gasteiger partial charge in [0.15, 0.2) is 0 Å². The monoisotopic (exact) mass is 553 g/mol. The van der Waals surface area contributed by atoms with Gasteiger partial charge in [-0.05, 0) is 59.9 Å². The molecule has 0 aromatic heterocycles. The number of hydrogen-bond acceptors (Lipinski definition) is 3. The third-order valence-electron chi connectivity index (χ3n) is 9.01. The maximum atomic E-state index is 13.6. The number of aliphatic hydroxyl groups excluding tert-OH is 1. The van der Waals surface area contributed by atoms with Crippen molar-refractivity contribution in [2.24, 2.45) is 5.92 Å². The van der Waals surface area contributed by atoms with Gasteiger partial charge in [-0.2, -0.15) is 0 Å². The van der Waals surface area contributed by atoms with Gasteiger partial charge in [-0.15, -0.1) is 0 Å². The predicted octanol–water partition coefficient (Wildman–Crippen LogP) is 9.29. The van der Waals surface area contributed by atoms with Crippen molar-refractivity contribution in [1.82, 2.24) is 0 Å². The van der Waals surface area contributed by atoms with Crippen LogP contribution in [0.3, 0.4) is 0 Å². The predicted molar refractivity (Wildman–Crippen MR) is 168 cm³/mol. The number of benzene rings is 3. The van der Waals surface area contributed by atoms with Crippen LogP contribution in [0.4, 0.5) is 5.69 Å². The number of para-hydroxylation sites is 2. The van der Waals surface area contributed by atoms with Crippen LogP contribution in [0.5, 0.6) is 11.5 Å². The van der Waals surface area contributed by atoms with E-state index in [0.29, 0.717) is 6.42 Å². The van der Waals surface area contributed by atoms with Crippen molar-refractivity contribution in [3.8, 4) is 11.5 Å². The van der Waals surface area contributed by atoms with E-state index in [0.717, 1.165) is 71.0 Å². The number of hydrogen-bond donors (Lipinski definition) is 2. The summed E-state index contributed by atoms with van der Waals surface area (Å²) in [5.41, 5.74) is 5.13. The van der Waals surface area contributed by atoms with Crippen LogP contribution in [0.2, 0.25) is 0 Å². The zero-order valence-corrected chi connectivity index (χ0v) is 25.1. The summed E-state index contributed by atoms with van der Waals surface area (Å²) in [6.07, 6.45) is 11.8. The van der Waals surface area contributed by atoms with Gasteiger partial charge in [0, 0.05) is 29.2 Å². The summed E-state index contributed by atoms with van der Waals surface area (Å²) < 4.78 is 6.14. The number of fused-ring (bicyclic) bond motifs is 2. The van der Waals surface area contributed by atoms with E-state index in [2.05, 4.69) is 56.4 Å². The first kappa shape index (κ1) is 29.4. The standard InChI is InChI=1S/C37H47NO3/c1-37(2,3)32-23-21-27(20-22-28(39)15-11-14-26-12-5-4-6-13-26)24-33(32)38-36(40)25-31-29-16-7-9-18-34(29)41-35-19-10-8-17-30(31)35/h7-10,16-19,21,23-24,26,28,31,39H,4-6,11-15,20,22,25H2,1-3H3,(H,38,40)/t28-/m1/s1. The fourth-order valence-electron chi connectivity index (χ4n) is 6.72. The van der Waals surface area contributed by atoms with Gasteiger partial charge in [-0.3, -0.25) is 4.79 Å². The highest BCUT2D eigenvalue weighted by atomic mass is 16.5. The lowest BCUT2D eigenvalue weighted by Crippen LogP contribution is -2.22. The fraction of sp³-hybridized carbons (Fsp3) is 0.486. The average molecular weight is 554 g/mol. The molecule has 1 saturated carbocycles. The minimum Gasteiger partial charge on any atom is -0.457 e. The van der Waals surface area contributed by atoms with E-state index < -0.39 is 0 Å². The number of anilines is 1. The Bertz CT molecular complexity index is 1270. The minimum absolute atomic E-state index is 0.00750. The van der Waals surface area contributed by atoms with Gasteiger partial charge < -0.3 is 15.2 Å². The smallest absolute Gasteiger partial charge is 0.225 e. The van der Waals surface area contributed by atoms with Crippen LogP contribution in [0, 0.1) is 5.92 Å². The first-order valence-corrected chi connectivity index (χ1v) is 15.7. The lowest BCUT2D eigenvalue weighted by atomic mass is 9.84. The lowest BCUT2D eigenvalue weighted by molar-refractivity contribution is -0.116. The van der Waals surface area contributed by atoms with Crippen LogP contribution >= 0.6 is 0 Å². The first-order valence-electron chi connectivity index (χ1n) is 15.7. The van der Waals surface area contributed by atoms with Gasteiger partial charge in [0.2, 0.25) is 5.91 Å². The topological polar surface area (TPSA) is 58.6 Å². The second kappa shape index (κ2) is 13.2. The third-order valence-corrected chi connectivity index (χ3v) is 9.01. The van der Waals surface area contributed by atoms with Crippen LogP contribution in [0.25, 0.3) is 0 Å². The summed E-state index contributed by atoms with van der Waals surface area (Å²) in [7, 11) is 0. The molecule has 0 bridgehead atoms. The molecule has 1 fully saturated rings. The molecule has 41 heavy (non-hydrogen) atoms. The van der Waals surface area contributed by atoms with Crippen molar-refractivity contribution in [1.29, 1.82) is 0 Å². The summed E-state index contributed by atoms with van der Waals surface area (Å²) in [5, 5.41) is 14.0. The molecule has 1 amide bonds. The van der Waals surface area contributed by atoms with Gasteiger partial charge in [0.05, 0.1) is 6.10 Å². The number of aliphatic hydroxyl groups is 1. The maximum Gasteiger partial charge on any atom is 0.225 e. The van der Waals surface area contributed by atoms with Gasteiger partial charge in [-0.25, -0.2) is 0 Å². The van der Waals surface area contributed by atoms with Crippen LogP contribution in [-0.4, -0.2) is 17.1 Å². The molecule has 0 saturated heterocycles. The Morgan fingerprint density at radius 2 is 1.59 bits per heavy atom. The second-order valence-corrected chi connectivity index (χ2v) is 13.2. The maximum absolute atomic E-state index is 13.6. The molecular weight excluding hydrogens is 506 g/mol. The number of aryl methyl sites for hydroxylation is 1. The van der Waals surface area contributed by atoms with Crippen molar-refractivity contribution in [2.75, 3.05) is 5.32 Å². The minimum atomic E-state index is -0.271. The van der Waals surface area contributed by atoms with Crippen LogP contribution in [-0.2, 0) is 16.6 Å². The van der Waals surface area contributed by atoms with E-state index in [1.165, 1.54) is 38.5 Å². The molecule has 2 aliphatic rings. The summed E-state index contributed by atoms with van der Waals surface area (Å²) >= 11 is 0. The average Bonchev–Trinajstić information content (AvgIpc) is 2.96. The van der Waals surface area contributed by atoms with Crippen LogP contribution in [0.1, 0.15) is 113 Å². The summed E-state index contributed by atoms with van der Waals surface area (Å²) in [6.45, 7) is 6.54. The lowest BCUT2D eigenvalue weighted by Gasteiger charge is -2.28. The summed E-state index contributed by atoms with van der Waals surface area (Å²) in [4.78, 5) is 13.6. The largest absolute Gasteiger partial charge is 0.457 e. The molecular formula is C37H47NO3. The Morgan fingerprint density at radius 3 is 2.24 bits per heavy atom. The first-order chi connectivity index (χ1) is 19.8. The number of rotatable bonds is 10. The molecule has 4 heteroatoms. The van der Waals surface area contributed by atoms with Crippen molar-refractivity contribution >= 4 is 11.6 Å². The Hall–Kier alpha value is -3.11. The van der Waals surface area contributed by atoms with Gasteiger partial charge in [0.1, 0.15) is 11.5 Å². The number of carbonyl (C=O) groups excluding carboxylic acids is 1. The normalized spacial score (nSPS) is 16.4. The van der Waals surface area contributed by atoms with E-state index in [4.69, 9.17) is 4.74 Å². The van der Waals surface area contributed by atoms with E-state index in [-0.39, 0.29) is 23.3 Å². The van der Waals surface area contributed by atoms with Crippen molar-refractivity contribution in [2.45, 2.75) is 109 Å². The molecule has 5 rings (SSSR count). The zero-order chi connectivity index (χ0) is 28.8. The number of carbonyl (C=O) groups is 1. The molecule has 4 nitrogen and oxygen atoms in total. The van der Waals surface area contributed by atoms with E-state index >= 15 is 0 Å². The molecule has 0 spiro atoms. The summed E-state index contributed by atoms with van der Waals surface area (Å²) in [5.74, 6) is 2.43. The van der Waals surface area contributed by atoms with Gasteiger partial charge in [-0.1, -0.05) is 114 Å². The summed E-state index contributed by atoms with van der Waals surface area (Å²) in [6, 6.07) is 22.5. The van der Waals surface area contributed by atoms with Crippen molar-refractivity contribution in [3.05, 3.63) is 89.0 Å². The van der Waals surface area contributed by atoms with Crippen LogP contribution < -0.4 is 10.1 Å². The van der Waals surface area contributed by atoms with Crippen molar-refractivity contribution in [3.63, 3.8) is 0 Å². The molecule has 1 aliphatic heterocycles. The number of nitrogens with one attached hydrogen (secondary N) is 1. The Balaban J connectivity index is 1.24. The Labute approximate surface area is 246 Å². The Kier molecular flexibility index (Phi) is 9.49. The number of amides is 1. The molecule has 2 N–H and O–H groups in total. The molecule has 1 heterocycles. The van der Waals surface area contributed by atoms with E-state index in [9.17, 15) is 9.90 Å². The Morgan fingerprint density at radius 1 is 0.927 bits per heavy atom.